The Morgan fingerprint density at radius 1 is 1.03 bits per heavy atom. The predicted molar refractivity (Wildman–Crippen MR) is 108 cm³/mol. The number of amides is 2. The van der Waals surface area contributed by atoms with E-state index in [-0.39, 0.29) is 35.2 Å². The standard InChI is InChI=1S/C24H21NO6/c1-10-4-3-5-13(21(10)27)18-12-6-7-14-19(24(30)25(31)23(14)29)15(12)9-16-17(26)8-11(2)22(28)20(16)18/h3-6,8,14-15,18-19,27,31H,7,9H2,1-2H3/t14-,15+,18+,19-/m0/s1. The van der Waals surface area contributed by atoms with Gasteiger partial charge in [0.2, 0.25) is 0 Å². The van der Waals surface area contributed by atoms with Gasteiger partial charge in [-0.05, 0) is 44.2 Å². The van der Waals surface area contributed by atoms with Crippen LogP contribution < -0.4 is 0 Å². The minimum Gasteiger partial charge on any atom is -0.507 e. The highest BCUT2D eigenvalue weighted by molar-refractivity contribution is 6.23. The number of para-hydroxylation sites is 1. The van der Waals surface area contributed by atoms with Crippen molar-refractivity contribution >= 4 is 23.4 Å². The number of phenolic OH excluding ortho intramolecular Hbond substituents is 1. The first-order chi connectivity index (χ1) is 14.7. The van der Waals surface area contributed by atoms with Crippen LogP contribution in [-0.4, -0.2) is 38.8 Å². The number of allylic oxidation sites excluding steroid dienone is 6. The number of carbonyl (C=O) groups is 4. The number of benzene rings is 1. The van der Waals surface area contributed by atoms with E-state index in [1.54, 1.807) is 32.0 Å². The number of ketones is 2. The first-order valence-electron chi connectivity index (χ1n) is 10.3. The fourth-order valence-electron chi connectivity index (χ4n) is 5.61. The molecular weight excluding hydrogens is 398 g/mol. The quantitative estimate of drug-likeness (QED) is 0.313. The Morgan fingerprint density at radius 2 is 1.77 bits per heavy atom. The van der Waals surface area contributed by atoms with Gasteiger partial charge in [0.1, 0.15) is 5.75 Å². The number of nitrogens with zero attached hydrogens (tertiary/aromatic N) is 1. The molecule has 7 nitrogen and oxygen atoms in total. The van der Waals surface area contributed by atoms with E-state index in [9.17, 15) is 29.5 Å². The number of aryl methyl sites for hydroxylation is 1. The zero-order chi connectivity index (χ0) is 22.2. The van der Waals surface area contributed by atoms with Gasteiger partial charge in [-0.3, -0.25) is 24.4 Å². The predicted octanol–water partition coefficient (Wildman–Crippen LogP) is 2.52. The van der Waals surface area contributed by atoms with Crippen molar-refractivity contribution in [2.75, 3.05) is 0 Å². The molecule has 4 aliphatic rings. The Morgan fingerprint density at radius 3 is 2.52 bits per heavy atom. The zero-order valence-electron chi connectivity index (χ0n) is 17.1. The third kappa shape index (κ3) is 2.56. The first-order valence-corrected chi connectivity index (χ1v) is 10.3. The van der Waals surface area contributed by atoms with E-state index in [0.717, 1.165) is 5.57 Å². The second-order valence-electron chi connectivity index (χ2n) is 8.73. The smallest absolute Gasteiger partial charge is 0.257 e. The van der Waals surface area contributed by atoms with E-state index in [1.807, 2.05) is 6.08 Å². The van der Waals surface area contributed by atoms with Crippen molar-refractivity contribution in [3.8, 4) is 5.75 Å². The maximum absolute atomic E-state index is 13.2. The van der Waals surface area contributed by atoms with Crippen molar-refractivity contribution in [1.29, 1.82) is 0 Å². The molecule has 2 N–H and O–H groups in total. The van der Waals surface area contributed by atoms with Crippen LogP contribution in [0.5, 0.6) is 5.75 Å². The molecular formula is C24H21NO6. The summed E-state index contributed by atoms with van der Waals surface area (Å²) in [6.07, 6.45) is 3.55. The number of hydrogen-bond acceptors (Lipinski definition) is 6. The number of carbonyl (C=O) groups excluding carboxylic acids is 4. The van der Waals surface area contributed by atoms with E-state index in [4.69, 9.17) is 0 Å². The third-order valence-corrected chi connectivity index (χ3v) is 7.12. The van der Waals surface area contributed by atoms with Gasteiger partial charge >= 0.3 is 0 Å². The molecule has 0 bridgehead atoms. The zero-order valence-corrected chi connectivity index (χ0v) is 17.1. The van der Waals surface area contributed by atoms with Crippen molar-refractivity contribution in [2.24, 2.45) is 17.8 Å². The van der Waals surface area contributed by atoms with Crippen LogP contribution in [0.2, 0.25) is 0 Å². The fraction of sp³-hybridized carbons (Fsp3) is 0.333. The fourth-order valence-corrected chi connectivity index (χ4v) is 5.61. The summed E-state index contributed by atoms with van der Waals surface area (Å²) in [6, 6.07) is 5.25. The van der Waals surface area contributed by atoms with Crippen LogP contribution in [0, 0.1) is 24.7 Å². The van der Waals surface area contributed by atoms with Gasteiger partial charge in [0.15, 0.2) is 11.6 Å². The lowest BCUT2D eigenvalue weighted by molar-refractivity contribution is -0.173. The topological polar surface area (TPSA) is 112 Å². The molecule has 1 saturated heterocycles. The van der Waals surface area contributed by atoms with E-state index in [1.165, 1.54) is 6.08 Å². The van der Waals surface area contributed by atoms with Crippen molar-refractivity contribution in [3.63, 3.8) is 0 Å². The lowest BCUT2D eigenvalue weighted by Gasteiger charge is -2.42. The van der Waals surface area contributed by atoms with Gasteiger partial charge in [-0.1, -0.05) is 29.8 Å². The van der Waals surface area contributed by atoms with Crippen LogP contribution in [0.15, 0.2) is 52.6 Å². The summed E-state index contributed by atoms with van der Waals surface area (Å²) in [7, 11) is 0. The van der Waals surface area contributed by atoms with Crippen molar-refractivity contribution in [2.45, 2.75) is 32.6 Å². The highest BCUT2D eigenvalue weighted by Gasteiger charge is 2.56. The van der Waals surface area contributed by atoms with Gasteiger partial charge < -0.3 is 5.11 Å². The molecule has 1 aromatic carbocycles. The number of rotatable bonds is 1. The minimum absolute atomic E-state index is 0.0353. The van der Waals surface area contributed by atoms with Gasteiger partial charge in [-0.15, -0.1) is 0 Å². The summed E-state index contributed by atoms with van der Waals surface area (Å²) in [5.41, 5.74) is 2.86. The van der Waals surface area contributed by atoms with Crippen molar-refractivity contribution < 1.29 is 29.5 Å². The summed E-state index contributed by atoms with van der Waals surface area (Å²) in [5, 5.41) is 21.0. The number of phenols is 1. The Kier molecular flexibility index (Phi) is 4.17. The van der Waals surface area contributed by atoms with Crippen molar-refractivity contribution in [3.05, 3.63) is 63.8 Å². The average Bonchev–Trinajstić information content (AvgIpc) is 2.97. The lowest BCUT2D eigenvalue weighted by Crippen LogP contribution is -2.39. The normalized spacial score (nSPS) is 30.1. The van der Waals surface area contributed by atoms with Crippen molar-refractivity contribution in [1.82, 2.24) is 5.06 Å². The number of hydroxylamine groups is 2. The molecule has 7 heteroatoms. The molecule has 1 aliphatic heterocycles. The second kappa shape index (κ2) is 6.59. The van der Waals surface area contributed by atoms with Gasteiger partial charge in [-0.25, -0.2) is 0 Å². The summed E-state index contributed by atoms with van der Waals surface area (Å²) >= 11 is 0. The largest absolute Gasteiger partial charge is 0.507 e. The molecule has 1 aromatic rings. The molecule has 5 rings (SSSR count). The van der Waals surface area contributed by atoms with Crippen LogP contribution in [0.1, 0.15) is 36.8 Å². The minimum atomic E-state index is -0.795. The number of hydrogen-bond donors (Lipinski definition) is 2. The summed E-state index contributed by atoms with van der Waals surface area (Å²) in [4.78, 5) is 51.2. The molecule has 0 aromatic heterocycles. The summed E-state index contributed by atoms with van der Waals surface area (Å²) in [6.45, 7) is 3.35. The SMILES string of the molecule is CC1=CC(=O)C2=C(C1=O)[C@@H](c1cccc(C)c1O)C1=CC[C@@H]3C(=O)N(O)C(=O)[C@@H]3[C@@H]1C2. The van der Waals surface area contributed by atoms with E-state index in [0.29, 0.717) is 27.8 Å². The average molecular weight is 419 g/mol. The highest BCUT2D eigenvalue weighted by atomic mass is 16.5. The molecule has 0 radical (unpaired) electrons. The van der Waals surface area contributed by atoms with Crippen LogP contribution in [0.25, 0.3) is 0 Å². The highest BCUT2D eigenvalue weighted by Crippen LogP contribution is 2.56. The van der Waals surface area contributed by atoms with Gasteiger partial charge in [-0.2, -0.15) is 5.06 Å². The van der Waals surface area contributed by atoms with E-state index in [2.05, 4.69) is 0 Å². The second-order valence-corrected chi connectivity index (χ2v) is 8.73. The van der Waals surface area contributed by atoms with Crippen LogP contribution in [-0.2, 0) is 19.2 Å². The molecule has 0 unspecified atom stereocenters. The number of imide groups is 1. The summed E-state index contributed by atoms with van der Waals surface area (Å²) in [5.74, 6) is -4.51. The molecule has 1 heterocycles. The molecule has 0 saturated carbocycles. The Bertz CT molecular complexity index is 1190. The molecule has 3 aliphatic carbocycles. The molecule has 0 spiro atoms. The molecule has 1 fully saturated rings. The maximum Gasteiger partial charge on any atom is 0.257 e. The van der Waals surface area contributed by atoms with E-state index >= 15 is 0 Å². The Labute approximate surface area is 178 Å². The monoisotopic (exact) mass is 419 g/mol. The van der Waals surface area contributed by atoms with Crippen LogP contribution in [0.3, 0.4) is 0 Å². The Balaban J connectivity index is 1.75. The summed E-state index contributed by atoms with van der Waals surface area (Å²) < 4.78 is 0. The Hall–Kier alpha value is -3.32. The molecule has 2 amide bonds. The van der Waals surface area contributed by atoms with Gasteiger partial charge in [0.25, 0.3) is 11.8 Å². The molecule has 4 atom stereocenters. The van der Waals surface area contributed by atoms with Gasteiger partial charge in [0.05, 0.1) is 11.8 Å². The maximum atomic E-state index is 13.2. The number of Topliss-reactive ketones (excluding diaryl/α,β-unsaturated/α-hetero) is 1. The third-order valence-electron chi connectivity index (χ3n) is 7.12. The van der Waals surface area contributed by atoms with Crippen LogP contribution >= 0.6 is 0 Å². The molecule has 31 heavy (non-hydrogen) atoms. The van der Waals surface area contributed by atoms with Gasteiger partial charge in [0, 0.05) is 28.2 Å². The number of aromatic hydroxyl groups is 1. The molecule has 158 valence electrons. The van der Waals surface area contributed by atoms with Crippen LogP contribution in [0.4, 0.5) is 0 Å². The lowest BCUT2D eigenvalue weighted by atomic mass is 9.59. The first kappa shape index (κ1) is 19.6. The van der Waals surface area contributed by atoms with E-state index < -0.39 is 35.5 Å². The number of fused-ring (bicyclic) bond motifs is 3.